The van der Waals surface area contributed by atoms with Crippen LogP contribution < -0.4 is 0 Å². The van der Waals surface area contributed by atoms with Gasteiger partial charge in [0, 0.05) is 30.4 Å². The third-order valence-electron chi connectivity index (χ3n) is 2.49. The molecule has 1 heterocycles. The summed E-state index contributed by atoms with van der Waals surface area (Å²) in [5.41, 5.74) is 0.454. The molecule has 0 amide bonds. The van der Waals surface area contributed by atoms with Gasteiger partial charge in [0.1, 0.15) is 6.10 Å². The van der Waals surface area contributed by atoms with Crippen LogP contribution in [0, 0.1) is 10.1 Å². The number of hydrogen-bond donors (Lipinski definition) is 1. The van der Waals surface area contributed by atoms with Gasteiger partial charge in [0.15, 0.2) is 5.82 Å². The van der Waals surface area contributed by atoms with Crippen molar-refractivity contribution in [2.45, 2.75) is 12.5 Å². The molecular formula is C12H11N3O3. The van der Waals surface area contributed by atoms with Crippen molar-refractivity contribution in [3.8, 4) is 0 Å². The van der Waals surface area contributed by atoms with Crippen LogP contribution in [-0.2, 0) is 6.42 Å². The smallest absolute Gasteiger partial charge is 0.272 e. The Morgan fingerprint density at radius 3 is 2.56 bits per heavy atom. The van der Waals surface area contributed by atoms with Gasteiger partial charge in [-0.15, -0.1) is 0 Å². The minimum Gasteiger partial charge on any atom is -0.385 e. The van der Waals surface area contributed by atoms with E-state index in [0.717, 1.165) is 0 Å². The largest absolute Gasteiger partial charge is 0.385 e. The van der Waals surface area contributed by atoms with Crippen LogP contribution in [0.5, 0.6) is 0 Å². The highest BCUT2D eigenvalue weighted by Gasteiger charge is 2.18. The first-order valence-electron chi connectivity index (χ1n) is 5.36. The molecule has 0 bridgehead atoms. The number of rotatable bonds is 4. The number of aliphatic hydroxyl groups is 1. The highest BCUT2D eigenvalue weighted by Crippen LogP contribution is 2.23. The van der Waals surface area contributed by atoms with Crippen molar-refractivity contribution in [1.82, 2.24) is 9.97 Å². The Balaban J connectivity index is 2.22. The van der Waals surface area contributed by atoms with Gasteiger partial charge in [-0.1, -0.05) is 18.2 Å². The summed E-state index contributed by atoms with van der Waals surface area (Å²) in [6.07, 6.45) is 2.20. The molecule has 1 atom stereocenters. The van der Waals surface area contributed by atoms with Gasteiger partial charge in [-0.05, 0) is 6.07 Å². The first-order valence-corrected chi connectivity index (χ1v) is 5.36. The Hall–Kier alpha value is -2.34. The number of benzene rings is 1. The van der Waals surface area contributed by atoms with E-state index in [-0.39, 0.29) is 17.9 Å². The molecule has 0 radical (unpaired) electrons. The predicted octanol–water partition coefficient (Wildman–Crippen LogP) is 1.66. The van der Waals surface area contributed by atoms with Crippen LogP contribution in [0.1, 0.15) is 17.5 Å². The van der Waals surface area contributed by atoms with Crippen molar-refractivity contribution in [2.24, 2.45) is 0 Å². The molecule has 1 aromatic carbocycles. The van der Waals surface area contributed by atoms with Gasteiger partial charge in [0.25, 0.3) is 5.69 Å². The lowest BCUT2D eigenvalue weighted by molar-refractivity contribution is -0.385. The monoisotopic (exact) mass is 245 g/mol. The van der Waals surface area contributed by atoms with Crippen LogP contribution in [0.15, 0.2) is 42.7 Å². The van der Waals surface area contributed by atoms with Crippen molar-refractivity contribution in [3.05, 3.63) is 64.2 Å². The van der Waals surface area contributed by atoms with Crippen molar-refractivity contribution in [1.29, 1.82) is 0 Å². The fourth-order valence-electron chi connectivity index (χ4n) is 1.64. The second-order valence-corrected chi connectivity index (χ2v) is 3.71. The molecule has 6 heteroatoms. The minimum atomic E-state index is -0.952. The molecule has 1 N–H and O–H groups in total. The third-order valence-corrected chi connectivity index (χ3v) is 2.49. The summed E-state index contributed by atoms with van der Waals surface area (Å²) in [5.74, 6) is 0.260. The average Bonchev–Trinajstić information content (AvgIpc) is 2.40. The highest BCUT2D eigenvalue weighted by molar-refractivity contribution is 5.40. The zero-order chi connectivity index (χ0) is 13.0. The normalized spacial score (nSPS) is 12.1. The Morgan fingerprint density at radius 2 is 1.89 bits per heavy atom. The summed E-state index contributed by atoms with van der Waals surface area (Å²) in [6.45, 7) is 0. The fraction of sp³-hybridized carbons (Fsp3) is 0.167. The van der Waals surface area contributed by atoms with Crippen LogP contribution in [0.25, 0.3) is 0 Å². The van der Waals surface area contributed by atoms with Gasteiger partial charge in [-0.2, -0.15) is 0 Å². The van der Waals surface area contributed by atoms with Crippen LogP contribution in [0.3, 0.4) is 0 Å². The van der Waals surface area contributed by atoms with Crippen LogP contribution in [-0.4, -0.2) is 20.0 Å². The molecule has 0 aliphatic heterocycles. The van der Waals surface area contributed by atoms with Gasteiger partial charge in [0.05, 0.1) is 4.92 Å². The molecule has 0 spiro atoms. The summed E-state index contributed by atoms with van der Waals surface area (Å²) < 4.78 is 0. The zero-order valence-electron chi connectivity index (χ0n) is 9.43. The Kier molecular flexibility index (Phi) is 3.59. The molecule has 0 aliphatic rings. The first-order chi connectivity index (χ1) is 8.68. The number of hydrogen-bond acceptors (Lipinski definition) is 5. The molecular weight excluding hydrogens is 234 g/mol. The molecule has 1 aromatic heterocycles. The number of para-hydroxylation sites is 1. The van der Waals surface area contributed by atoms with Crippen molar-refractivity contribution >= 4 is 5.69 Å². The Morgan fingerprint density at radius 1 is 1.22 bits per heavy atom. The van der Waals surface area contributed by atoms with E-state index in [4.69, 9.17) is 0 Å². The SMILES string of the molecule is O=[N+]([O-])c1ccccc1CC(O)c1ncccn1. The van der Waals surface area contributed by atoms with E-state index in [1.54, 1.807) is 24.3 Å². The molecule has 1 unspecified atom stereocenters. The number of nitrogens with zero attached hydrogens (tertiary/aromatic N) is 3. The number of nitro benzene ring substituents is 1. The predicted molar refractivity (Wildman–Crippen MR) is 63.8 cm³/mol. The average molecular weight is 245 g/mol. The van der Waals surface area contributed by atoms with Crippen molar-refractivity contribution < 1.29 is 10.0 Å². The maximum Gasteiger partial charge on any atom is 0.272 e. The molecule has 18 heavy (non-hydrogen) atoms. The lowest BCUT2D eigenvalue weighted by atomic mass is 10.1. The summed E-state index contributed by atoms with van der Waals surface area (Å²) >= 11 is 0. The topological polar surface area (TPSA) is 89.2 Å². The van der Waals surface area contributed by atoms with E-state index in [0.29, 0.717) is 5.56 Å². The van der Waals surface area contributed by atoms with Gasteiger partial charge in [-0.3, -0.25) is 10.1 Å². The highest BCUT2D eigenvalue weighted by atomic mass is 16.6. The van der Waals surface area contributed by atoms with Gasteiger partial charge < -0.3 is 5.11 Å². The van der Waals surface area contributed by atoms with E-state index in [1.807, 2.05) is 0 Å². The number of aliphatic hydroxyl groups excluding tert-OH is 1. The van der Waals surface area contributed by atoms with Crippen LogP contribution in [0.4, 0.5) is 5.69 Å². The van der Waals surface area contributed by atoms with E-state index >= 15 is 0 Å². The van der Waals surface area contributed by atoms with Crippen molar-refractivity contribution in [3.63, 3.8) is 0 Å². The fourth-order valence-corrected chi connectivity index (χ4v) is 1.64. The van der Waals surface area contributed by atoms with E-state index < -0.39 is 11.0 Å². The maximum atomic E-state index is 10.8. The van der Waals surface area contributed by atoms with Gasteiger partial charge in [-0.25, -0.2) is 9.97 Å². The number of nitro groups is 1. The second kappa shape index (κ2) is 5.33. The second-order valence-electron chi connectivity index (χ2n) is 3.71. The van der Waals surface area contributed by atoms with Gasteiger partial charge >= 0.3 is 0 Å². The van der Waals surface area contributed by atoms with Crippen molar-refractivity contribution in [2.75, 3.05) is 0 Å². The lowest BCUT2D eigenvalue weighted by Crippen LogP contribution is -2.07. The molecule has 6 nitrogen and oxygen atoms in total. The molecule has 0 saturated heterocycles. The standard InChI is InChI=1S/C12H11N3O3/c16-11(12-13-6-3-7-14-12)8-9-4-1-2-5-10(9)15(17)18/h1-7,11,16H,8H2. The van der Waals surface area contributed by atoms with E-state index in [9.17, 15) is 15.2 Å². The molecule has 0 aliphatic carbocycles. The summed E-state index contributed by atoms with van der Waals surface area (Å²) in [4.78, 5) is 18.2. The molecule has 2 aromatic rings. The maximum absolute atomic E-state index is 10.8. The summed E-state index contributed by atoms with van der Waals surface area (Å²) in [7, 11) is 0. The molecule has 92 valence electrons. The lowest BCUT2D eigenvalue weighted by Gasteiger charge is -2.08. The van der Waals surface area contributed by atoms with Crippen LogP contribution in [0.2, 0.25) is 0 Å². The zero-order valence-corrected chi connectivity index (χ0v) is 9.43. The summed E-state index contributed by atoms with van der Waals surface area (Å²) in [5, 5.41) is 20.8. The van der Waals surface area contributed by atoms with Crippen LogP contribution >= 0.6 is 0 Å². The van der Waals surface area contributed by atoms with E-state index in [1.165, 1.54) is 18.5 Å². The minimum absolute atomic E-state index is 0.00696. The molecule has 0 saturated carbocycles. The first kappa shape index (κ1) is 12.1. The Bertz CT molecular complexity index is 545. The van der Waals surface area contributed by atoms with E-state index in [2.05, 4.69) is 9.97 Å². The quantitative estimate of drug-likeness (QED) is 0.653. The third kappa shape index (κ3) is 2.67. The van der Waals surface area contributed by atoms with Gasteiger partial charge in [0.2, 0.25) is 0 Å². The molecule has 0 fully saturated rings. The molecule has 2 rings (SSSR count). The Labute approximate surface area is 103 Å². The summed E-state index contributed by atoms with van der Waals surface area (Å²) in [6, 6.07) is 7.95. The number of aromatic nitrogens is 2.